The van der Waals surface area contributed by atoms with Crippen molar-refractivity contribution in [1.29, 1.82) is 0 Å². The molecule has 2 aromatic rings. The van der Waals surface area contributed by atoms with E-state index in [2.05, 4.69) is 40.0 Å². The molecular formula is C75H112N10O15S. The topological polar surface area (TPSA) is 287 Å². The van der Waals surface area contributed by atoms with Crippen LogP contribution in [-0.2, 0) is 68.5 Å². The Labute approximate surface area is 602 Å². The zero-order valence-electron chi connectivity index (χ0n) is 61.4. The highest BCUT2D eigenvalue weighted by molar-refractivity contribution is 7.80. The van der Waals surface area contributed by atoms with Gasteiger partial charge in [-0.15, -0.1) is 0 Å². The number of piperazine rings is 2. The molecule has 2 amide bonds. The summed E-state index contributed by atoms with van der Waals surface area (Å²) >= 11 is 5.71. The summed E-state index contributed by atoms with van der Waals surface area (Å²) in [6.45, 7) is 22.6. The molecule has 26 heteroatoms. The molecule has 0 aromatic carbocycles. The van der Waals surface area contributed by atoms with Crippen LogP contribution in [0.1, 0.15) is 143 Å². The van der Waals surface area contributed by atoms with E-state index >= 15 is 0 Å². The van der Waals surface area contributed by atoms with Gasteiger partial charge in [-0.1, -0.05) is 71.1 Å². The first kappa shape index (κ1) is 80.2. The molecular weight excluding hydrogens is 1310 g/mol. The number of aryl methyl sites for hydroxylation is 1. The normalized spacial score (nSPS) is 32.1. The number of hydrogen-bond donors (Lipinski definition) is 3. The second kappa shape index (κ2) is 38.9. The van der Waals surface area contributed by atoms with E-state index in [9.17, 15) is 39.0 Å². The van der Waals surface area contributed by atoms with Crippen LogP contribution in [0.25, 0.3) is 0 Å². The maximum Gasteiger partial charge on any atom is 0.329 e. The summed E-state index contributed by atoms with van der Waals surface area (Å²) in [5.41, 5.74) is 3.07. The molecule has 5 fully saturated rings. The molecule has 5 aliphatic heterocycles. The van der Waals surface area contributed by atoms with Gasteiger partial charge in [0.2, 0.25) is 23.6 Å². The number of carbonyl (C=O) groups excluding carboxylic acids is 6. The van der Waals surface area contributed by atoms with Crippen LogP contribution in [0, 0.1) is 42.4 Å². The fraction of sp³-hybridized carbons (Fsp3) is 0.693. The van der Waals surface area contributed by atoms with Gasteiger partial charge in [0.15, 0.2) is 5.78 Å². The van der Waals surface area contributed by atoms with Crippen molar-refractivity contribution in [2.75, 3.05) is 110 Å². The first-order valence-corrected chi connectivity index (χ1v) is 36.9. The van der Waals surface area contributed by atoms with Gasteiger partial charge >= 0.3 is 5.97 Å². The molecule has 6 aliphatic rings. The quantitative estimate of drug-likeness (QED) is 0.0470. The minimum atomic E-state index is -2.47. The van der Waals surface area contributed by atoms with Crippen molar-refractivity contribution in [2.24, 2.45) is 35.5 Å². The van der Waals surface area contributed by atoms with Gasteiger partial charge in [0.25, 0.3) is 16.9 Å². The van der Waals surface area contributed by atoms with Crippen molar-refractivity contribution >= 4 is 64.4 Å². The largest absolute Gasteiger partial charge is 0.465 e. The van der Waals surface area contributed by atoms with E-state index in [1.54, 1.807) is 53.5 Å². The molecule has 2 aromatic heterocycles. The number of hydrogen-bond acceptors (Lipinski definition) is 23. The second-order valence-corrected chi connectivity index (χ2v) is 29.2. The SMILES string of the molecule is CO[C@H]1C[C@@H]2CC[C@@H](C)[C@@](O)(O2)C(=O)C(=O)N2CCCC[C@H]2C(=O)O[C@H]([C@H](C)C[C@@H]2CC[C@@H](OC(=S)NCc3cnc(N4CCN(C(=O)CCOCCN5CCN(c6ncc(C)cn6)CC5)CC4)nc3)[C@H](OC)C2)CC(=O)[C@H](C)/C=C(\C)[C@@H](O)[C@@H](OC)C(=O)[C@H](C)C[C@H](C)/C=C/C=C/C=C/1C. The van der Waals surface area contributed by atoms with Crippen LogP contribution in [0.2, 0.25) is 0 Å². The number of fused-ring (bicyclic) bond motifs is 3. The average Bonchev–Trinajstić information content (AvgIpc) is 0.773. The molecule has 15 atom stereocenters. The maximum absolute atomic E-state index is 14.8. The zero-order valence-corrected chi connectivity index (χ0v) is 62.2. The van der Waals surface area contributed by atoms with Gasteiger partial charge in [0, 0.05) is 154 Å². The van der Waals surface area contributed by atoms with Gasteiger partial charge in [-0.3, -0.25) is 28.9 Å². The lowest BCUT2D eigenvalue weighted by atomic mass is 9.78. The van der Waals surface area contributed by atoms with Gasteiger partial charge in [-0.05, 0) is 132 Å². The highest BCUT2D eigenvalue weighted by Crippen LogP contribution is 2.38. The van der Waals surface area contributed by atoms with E-state index in [0.29, 0.717) is 128 Å². The summed E-state index contributed by atoms with van der Waals surface area (Å²) < 4.78 is 42.5. The number of ether oxygens (including phenoxy) is 7. The number of aromatic nitrogens is 4. The number of anilines is 2. The fourth-order valence-electron chi connectivity index (χ4n) is 14.7. The second-order valence-electron chi connectivity index (χ2n) is 28.8. The third kappa shape index (κ3) is 22.5. The molecule has 2 bridgehead atoms. The summed E-state index contributed by atoms with van der Waals surface area (Å²) in [6.07, 6.45) is 18.4. The highest BCUT2D eigenvalue weighted by atomic mass is 32.1. The Kier molecular flexibility index (Phi) is 30.9. The van der Waals surface area contributed by atoms with E-state index < -0.39 is 83.7 Å². The Hall–Kier alpha value is -6.49. The molecule has 0 radical (unpaired) electrons. The lowest BCUT2D eigenvalue weighted by Crippen LogP contribution is -2.61. The molecule has 0 spiro atoms. The lowest BCUT2D eigenvalue weighted by Gasteiger charge is -2.42. The van der Waals surface area contributed by atoms with Gasteiger partial charge in [-0.2, -0.15) is 0 Å². The molecule has 101 heavy (non-hydrogen) atoms. The van der Waals surface area contributed by atoms with Crippen LogP contribution in [-0.4, -0.2) is 240 Å². The van der Waals surface area contributed by atoms with Crippen molar-refractivity contribution in [2.45, 2.75) is 200 Å². The number of rotatable bonds is 17. The summed E-state index contributed by atoms with van der Waals surface area (Å²) in [4.78, 5) is 113. The van der Waals surface area contributed by atoms with Gasteiger partial charge in [0.05, 0.1) is 37.9 Å². The van der Waals surface area contributed by atoms with Crippen LogP contribution < -0.4 is 15.1 Å². The Balaban J connectivity index is 0.850. The number of aliphatic hydroxyl groups excluding tert-OH is 1. The zero-order chi connectivity index (χ0) is 72.9. The van der Waals surface area contributed by atoms with Crippen molar-refractivity contribution in [3.05, 3.63) is 83.5 Å². The van der Waals surface area contributed by atoms with Gasteiger partial charge in [-0.25, -0.2) is 24.7 Å². The number of esters is 1. The Bertz CT molecular complexity index is 3200. The number of ketones is 3. The molecule has 3 N–H and O–H groups in total. The van der Waals surface area contributed by atoms with Crippen LogP contribution in [0.3, 0.4) is 0 Å². The molecule has 4 saturated heterocycles. The van der Waals surface area contributed by atoms with Gasteiger partial charge in [0.1, 0.15) is 36.2 Å². The minimum absolute atomic E-state index is 0.00713. The standard InChI is InChI=1S/C75H112N10O15S/c1-48-17-13-12-14-18-50(3)62(94-9)41-58-22-20-55(8)75(93,100-58)69(90)70(91)85-25-16-15-19-59(85)71(92)98-63(42-60(86)51(4)38-54(7)67(89)68(96-11)66(88)53(6)37-48)52(5)39-56-21-23-61(64(40-56)95-10)99-74(101)80-47-57-45-78-73(79-46-57)84-32-30-82(31-33-84)65(87)24-35-97-36-34-81-26-28-83(29-27-81)72-76-43-49(2)44-77-72/h12-14,17-18,38,43-46,48,51-53,55-56,58-59,61-64,67-68,89,93H,15-16,19-37,39-42,47H2,1-11H3,(H,80,101)/b14-12+,17-13+,50-18+,54-38+/t48-,51-,52-,53-,55-,56+,58+,59+,61-,62+,63+,64-,67-,68+,75-/m1/s1. The van der Waals surface area contributed by atoms with E-state index in [1.807, 2.05) is 82.3 Å². The van der Waals surface area contributed by atoms with Crippen molar-refractivity contribution in [3.63, 3.8) is 0 Å². The van der Waals surface area contributed by atoms with Crippen LogP contribution >= 0.6 is 12.2 Å². The number of amides is 2. The van der Waals surface area contributed by atoms with E-state index in [-0.39, 0.29) is 66.1 Å². The van der Waals surface area contributed by atoms with Crippen molar-refractivity contribution in [3.8, 4) is 0 Å². The number of nitrogens with one attached hydrogen (secondary N) is 1. The van der Waals surface area contributed by atoms with Crippen molar-refractivity contribution < 1.29 is 72.1 Å². The molecule has 1 aliphatic carbocycles. The highest BCUT2D eigenvalue weighted by Gasteiger charge is 2.53. The number of thiocarbonyl (C=S) groups is 1. The predicted octanol–water partition coefficient (Wildman–Crippen LogP) is 7.05. The van der Waals surface area contributed by atoms with Gasteiger partial charge < -0.3 is 68.3 Å². The summed E-state index contributed by atoms with van der Waals surface area (Å²) in [6, 6.07) is -1.19. The monoisotopic (exact) mass is 1420 g/mol. The van der Waals surface area contributed by atoms with Crippen molar-refractivity contribution in [1.82, 2.24) is 40.0 Å². The first-order valence-electron chi connectivity index (χ1n) is 36.5. The number of aliphatic hydroxyl groups is 2. The van der Waals surface area contributed by atoms with E-state index in [4.69, 9.17) is 45.4 Å². The van der Waals surface area contributed by atoms with Crippen LogP contribution in [0.4, 0.5) is 11.9 Å². The smallest absolute Gasteiger partial charge is 0.329 e. The fourth-order valence-corrected chi connectivity index (χ4v) is 14.9. The Morgan fingerprint density at radius 3 is 2.12 bits per heavy atom. The Morgan fingerprint density at radius 1 is 0.762 bits per heavy atom. The van der Waals surface area contributed by atoms with Crippen LogP contribution in [0.15, 0.2) is 72.4 Å². The predicted molar refractivity (Wildman–Crippen MR) is 385 cm³/mol. The Morgan fingerprint density at radius 2 is 1.45 bits per heavy atom. The number of allylic oxidation sites excluding steroid dienone is 6. The third-order valence-electron chi connectivity index (χ3n) is 21.2. The molecule has 558 valence electrons. The number of carbonyl (C=O) groups is 6. The van der Waals surface area contributed by atoms with E-state index in [1.165, 1.54) is 12.0 Å². The third-order valence-corrected chi connectivity index (χ3v) is 21.4. The number of cyclic esters (lactones) is 1. The molecule has 0 unspecified atom stereocenters. The number of nitrogens with zero attached hydrogens (tertiary/aromatic N) is 9. The molecule has 8 rings (SSSR count). The first-order chi connectivity index (χ1) is 48.4. The van der Waals surface area contributed by atoms with E-state index in [0.717, 1.165) is 55.4 Å². The maximum atomic E-state index is 14.8. The number of piperidine rings is 1. The summed E-state index contributed by atoms with van der Waals surface area (Å²) in [5, 5.41) is 27.2. The summed E-state index contributed by atoms with van der Waals surface area (Å²) in [5.74, 6) is -6.97. The lowest BCUT2D eigenvalue weighted by molar-refractivity contribution is -0.265. The average molecular weight is 1430 g/mol. The molecule has 7 heterocycles. The number of Topliss-reactive ketones (excluding diaryl/α,β-unsaturated/α-hetero) is 3. The number of methoxy groups -OCH3 is 3. The molecule has 25 nitrogen and oxygen atoms in total. The van der Waals surface area contributed by atoms with Crippen LogP contribution in [0.5, 0.6) is 0 Å². The minimum Gasteiger partial charge on any atom is -0.465 e. The summed E-state index contributed by atoms with van der Waals surface area (Å²) in [7, 11) is 4.58. The molecule has 1 saturated carbocycles.